The molecule has 1 atom stereocenters. The molecule has 1 N–H and O–H groups in total. The topological polar surface area (TPSA) is 78.3 Å². The molecule has 23 heavy (non-hydrogen) atoms. The first kappa shape index (κ1) is 14.2. The molecule has 1 aliphatic heterocycles. The molecule has 120 valence electrons. The van der Waals surface area contributed by atoms with Crippen molar-refractivity contribution in [1.29, 1.82) is 0 Å². The van der Waals surface area contributed by atoms with Crippen molar-refractivity contribution in [2.45, 2.75) is 38.1 Å². The second-order valence-corrected chi connectivity index (χ2v) is 5.89. The zero-order chi connectivity index (χ0) is 15.8. The summed E-state index contributed by atoms with van der Waals surface area (Å²) < 4.78 is 12.8. The van der Waals surface area contributed by atoms with E-state index in [0.717, 1.165) is 29.8 Å². The Morgan fingerprint density at radius 2 is 2.13 bits per heavy atom. The molecule has 1 aromatic heterocycles. The first-order valence-corrected chi connectivity index (χ1v) is 7.73. The van der Waals surface area contributed by atoms with Crippen LogP contribution in [-0.4, -0.2) is 34.1 Å². The van der Waals surface area contributed by atoms with Gasteiger partial charge < -0.3 is 14.8 Å². The van der Waals surface area contributed by atoms with Gasteiger partial charge in [-0.15, -0.1) is 5.10 Å². The lowest BCUT2D eigenvalue weighted by molar-refractivity contribution is -0.00179. The fraction of sp³-hybridized carbons (Fsp3) is 0.438. The van der Waals surface area contributed by atoms with E-state index in [1.165, 1.54) is 0 Å². The lowest BCUT2D eigenvalue weighted by Crippen LogP contribution is -2.28. The number of hydrogen-bond donors (Lipinski definition) is 1. The molecule has 0 saturated heterocycles. The van der Waals surface area contributed by atoms with Crippen LogP contribution in [0.2, 0.25) is 0 Å². The largest absolute Gasteiger partial charge is 0.497 e. The van der Waals surface area contributed by atoms with Crippen molar-refractivity contribution in [3.05, 3.63) is 41.2 Å². The van der Waals surface area contributed by atoms with E-state index in [9.17, 15) is 4.79 Å². The Hall–Kier alpha value is -2.41. The summed E-state index contributed by atoms with van der Waals surface area (Å²) in [6.45, 7) is 0.877. The quantitative estimate of drug-likeness (QED) is 0.924. The average molecular weight is 314 g/mol. The van der Waals surface area contributed by atoms with Gasteiger partial charge in [-0.25, -0.2) is 4.68 Å². The third kappa shape index (κ3) is 2.79. The van der Waals surface area contributed by atoms with Crippen LogP contribution >= 0.6 is 0 Å². The zero-order valence-corrected chi connectivity index (χ0v) is 12.9. The van der Waals surface area contributed by atoms with E-state index in [-0.39, 0.29) is 12.0 Å². The van der Waals surface area contributed by atoms with Crippen molar-refractivity contribution in [1.82, 2.24) is 20.3 Å². The molecule has 2 aromatic rings. The SMILES string of the molecule is COc1ccc(C2Cn3nnc(C(=O)NC4CC4)c3CO2)cc1. The number of rotatable bonds is 4. The third-order valence-electron chi connectivity index (χ3n) is 4.21. The van der Waals surface area contributed by atoms with E-state index < -0.39 is 0 Å². The number of aromatic nitrogens is 3. The summed E-state index contributed by atoms with van der Waals surface area (Å²) in [6, 6.07) is 8.07. The molecule has 4 rings (SSSR count). The summed E-state index contributed by atoms with van der Waals surface area (Å²) >= 11 is 0. The Morgan fingerprint density at radius 3 is 2.83 bits per heavy atom. The molecule has 7 nitrogen and oxygen atoms in total. The fourth-order valence-corrected chi connectivity index (χ4v) is 2.69. The Bertz CT molecular complexity index is 721. The molecular formula is C16H18N4O3. The highest BCUT2D eigenvalue weighted by Gasteiger charge is 2.30. The van der Waals surface area contributed by atoms with Gasteiger partial charge >= 0.3 is 0 Å². The summed E-state index contributed by atoms with van der Waals surface area (Å²) in [7, 11) is 1.64. The van der Waals surface area contributed by atoms with Crippen LogP contribution in [0.5, 0.6) is 5.75 Å². The van der Waals surface area contributed by atoms with Gasteiger partial charge in [0.15, 0.2) is 5.69 Å². The standard InChI is InChI=1S/C16H18N4O3/c1-22-12-6-2-10(3-7-12)14-8-20-13(9-23-14)15(18-19-20)16(21)17-11-4-5-11/h2-3,6-7,11,14H,4-5,8-9H2,1H3,(H,17,21). The molecule has 1 aromatic carbocycles. The maximum absolute atomic E-state index is 12.2. The fourth-order valence-electron chi connectivity index (χ4n) is 2.69. The molecule has 1 unspecified atom stereocenters. The normalized spacial score (nSPS) is 20.0. The van der Waals surface area contributed by atoms with Gasteiger partial charge in [-0.05, 0) is 30.5 Å². The van der Waals surface area contributed by atoms with Crippen molar-refractivity contribution < 1.29 is 14.3 Å². The second kappa shape index (κ2) is 5.66. The van der Waals surface area contributed by atoms with Crippen molar-refractivity contribution in [2.24, 2.45) is 0 Å². The molecule has 0 radical (unpaired) electrons. The summed E-state index contributed by atoms with van der Waals surface area (Å²) in [5.74, 6) is 0.658. The van der Waals surface area contributed by atoms with Crippen molar-refractivity contribution in [3.63, 3.8) is 0 Å². The molecule has 2 aliphatic rings. The number of carbonyl (C=O) groups excluding carboxylic acids is 1. The van der Waals surface area contributed by atoms with Gasteiger partial charge in [-0.3, -0.25) is 4.79 Å². The number of nitrogens with one attached hydrogen (secondary N) is 1. The molecule has 1 amide bonds. The summed E-state index contributed by atoms with van der Waals surface area (Å²) in [6.07, 6.45) is 1.99. The van der Waals surface area contributed by atoms with Gasteiger partial charge in [0.05, 0.1) is 26.0 Å². The highest BCUT2D eigenvalue weighted by atomic mass is 16.5. The Balaban J connectivity index is 1.50. The van der Waals surface area contributed by atoms with E-state index in [1.54, 1.807) is 11.8 Å². The van der Waals surface area contributed by atoms with Crippen molar-refractivity contribution >= 4 is 5.91 Å². The summed E-state index contributed by atoms with van der Waals surface area (Å²) in [5.41, 5.74) is 2.17. The number of amides is 1. The number of hydrogen-bond acceptors (Lipinski definition) is 5. The van der Waals surface area contributed by atoms with Gasteiger partial charge in [-0.1, -0.05) is 17.3 Å². The third-order valence-corrected chi connectivity index (χ3v) is 4.21. The number of carbonyl (C=O) groups is 1. The second-order valence-electron chi connectivity index (χ2n) is 5.89. The minimum atomic E-state index is -0.153. The van der Waals surface area contributed by atoms with Crippen LogP contribution in [0.15, 0.2) is 24.3 Å². The lowest BCUT2D eigenvalue weighted by atomic mass is 10.1. The molecule has 1 fully saturated rings. The maximum atomic E-state index is 12.2. The molecule has 1 saturated carbocycles. The van der Waals surface area contributed by atoms with Crippen LogP contribution in [0.4, 0.5) is 0 Å². The number of methoxy groups -OCH3 is 1. The van der Waals surface area contributed by atoms with Gasteiger partial charge in [0.1, 0.15) is 11.9 Å². The predicted octanol–water partition coefficient (Wildman–Crippen LogP) is 1.45. The van der Waals surface area contributed by atoms with Crippen molar-refractivity contribution in [2.75, 3.05) is 7.11 Å². The first-order chi connectivity index (χ1) is 11.2. The van der Waals surface area contributed by atoms with Gasteiger partial charge in [0.2, 0.25) is 0 Å². The predicted molar refractivity (Wildman–Crippen MR) is 81.0 cm³/mol. The van der Waals surface area contributed by atoms with E-state index in [2.05, 4.69) is 15.6 Å². The van der Waals surface area contributed by atoms with Crippen LogP contribution in [-0.2, 0) is 17.9 Å². The molecule has 0 spiro atoms. The lowest BCUT2D eigenvalue weighted by Gasteiger charge is -2.24. The minimum Gasteiger partial charge on any atom is -0.497 e. The zero-order valence-electron chi connectivity index (χ0n) is 12.9. The van der Waals surface area contributed by atoms with Crippen LogP contribution < -0.4 is 10.1 Å². The smallest absolute Gasteiger partial charge is 0.274 e. The maximum Gasteiger partial charge on any atom is 0.274 e. The molecular weight excluding hydrogens is 296 g/mol. The number of ether oxygens (including phenoxy) is 2. The Labute approximate surface area is 133 Å². The van der Waals surface area contributed by atoms with E-state index in [1.807, 2.05) is 24.3 Å². The van der Waals surface area contributed by atoms with Gasteiger partial charge in [0.25, 0.3) is 5.91 Å². The van der Waals surface area contributed by atoms with Crippen LogP contribution in [0.1, 0.15) is 40.7 Å². The van der Waals surface area contributed by atoms with Gasteiger partial charge in [0, 0.05) is 6.04 Å². The van der Waals surface area contributed by atoms with E-state index in [4.69, 9.17) is 9.47 Å². The van der Waals surface area contributed by atoms with Gasteiger partial charge in [-0.2, -0.15) is 0 Å². The highest BCUT2D eigenvalue weighted by Crippen LogP contribution is 2.28. The van der Waals surface area contributed by atoms with Crippen LogP contribution in [0.3, 0.4) is 0 Å². The summed E-state index contributed by atoms with van der Waals surface area (Å²) in [4.78, 5) is 12.2. The average Bonchev–Trinajstić information content (AvgIpc) is 3.30. The monoisotopic (exact) mass is 314 g/mol. The molecule has 7 heteroatoms. The first-order valence-electron chi connectivity index (χ1n) is 7.73. The number of nitrogens with zero attached hydrogens (tertiary/aromatic N) is 3. The Morgan fingerprint density at radius 1 is 1.35 bits per heavy atom. The number of fused-ring (bicyclic) bond motifs is 1. The van der Waals surface area contributed by atoms with Crippen molar-refractivity contribution in [3.8, 4) is 5.75 Å². The molecule has 2 heterocycles. The van der Waals surface area contributed by atoms with E-state index >= 15 is 0 Å². The minimum absolute atomic E-state index is 0.102. The summed E-state index contributed by atoms with van der Waals surface area (Å²) in [5, 5.41) is 11.1. The van der Waals surface area contributed by atoms with Crippen LogP contribution in [0.25, 0.3) is 0 Å². The molecule has 1 aliphatic carbocycles. The van der Waals surface area contributed by atoms with E-state index in [0.29, 0.717) is 24.9 Å². The molecule has 0 bridgehead atoms. The number of benzene rings is 1. The highest BCUT2D eigenvalue weighted by molar-refractivity contribution is 5.93. The van der Waals surface area contributed by atoms with Crippen LogP contribution in [0, 0.1) is 0 Å². The Kier molecular flexibility index (Phi) is 3.49.